The lowest BCUT2D eigenvalue weighted by atomic mass is 10.2. The van der Waals surface area contributed by atoms with Crippen molar-refractivity contribution >= 4 is 34.8 Å². The quantitative estimate of drug-likeness (QED) is 0.841. The van der Waals surface area contributed by atoms with Crippen molar-refractivity contribution in [3.63, 3.8) is 0 Å². The number of rotatable bonds is 5. The summed E-state index contributed by atoms with van der Waals surface area (Å²) >= 11 is 5.70. The molecule has 7 heteroatoms. The summed E-state index contributed by atoms with van der Waals surface area (Å²) in [5, 5.41) is 5.59. The fraction of sp³-hybridized carbons (Fsp3) is 0.222. The van der Waals surface area contributed by atoms with Crippen LogP contribution in [0, 0.1) is 11.7 Å². The maximum atomic E-state index is 13.9. The molecule has 0 heterocycles. The van der Waals surface area contributed by atoms with Gasteiger partial charge in [0.25, 0.3) is 5.91 Å². The van der Waals surface area contributed by atoms with E-state index in [0.29, 0.717) is 17.1 Å². The highest BCUT2D eigenvalue weighted by Gasteiger charge is 2.29. The highest BCUT2D eigenvalue weighted by atomic mass is 35.5. The number of amides is 2. The van der Waals surface area contributed by atoms with Crippen LogP contribution in [-0.4, -0.2) is 18.9 Å². The molecular weight excluding hydrogens is 347 g/mol. The summed E-state index contributed by atoms with van der Waals surface area (Å²) in [6, 6.07) is 8.68. The number of hydrogen-bond acceptors (Lipinski definition) is 3. The molecule has 0 bridgehead atoms. The molecule has 3 rings (SSSR count). The Hall–Kier alpha value is -2.60. The summed E-state index contributed by atoms with van der Waals surface area (Å²) in [5.74, 6) is -0.957. The number of ether oxygens (including phenoxy) is 1. The zero-order valence-corrected chi connectivity index (χ0v) is 14.2. The number of halogens is 2. The molecule has 0 radical (unpaired) electrons. The lowest BCUT2D eigenvalue weighted by Gasteiger charge is -2.13. The number of benzene rings is 2. The summed E-state index contributed by atoms with van der Waals surface area (Å²) in [5.41, 5.74) is 0.721. The Labute approximate surface area is 149 Å². The largest absolute Gasteiger partial charge is 0.495 e. The second kappa shape index (κ2) is 7.11. The lowest BCUT2D eigenvalue weighted by molar-refractivity contribution is -0.117. The third-order valence-electron chi connectivity index (χ3n) is 3.84. The van der Waals surface area contributed by atoms with E-state index >= 15 is 0 Å². The van der Waals surface area contributed by atoms with Crippen LogP contribution in [0.15, 0.2) is 36.4 Å². The molecule has 5 nitrogen and oxygen atoms in total. The van der Waals surface area contributed by atoms with Gasteiger partial charge in [-0.3, -0.25) is 9.59 Å². The van der Waals surface area contributed by atoms with E-state index in [4.69, 9.17) is 16.3 Å². The van der Waals surface area contributed by atoms with Crippen LogP contribution in [-0.2, 0) is 4.79 Å². The van der Waals surface area contributed by atoms with Crippen molar-refractivity contribution < 1.29 is 18.7 Å². The molecule has 2 aromatic rings. The molecule has 0 atom stereocenters. The summed E-state index contributed by atoms with van der Waals surface area (Å²) < 4.78 is 19.1. The fourth-order valence-corrected chi connectivity index (χ4v) is 2.50. The first-order valence-electron chi connectivity index (χ1n) is 7.73. The van der Waals surface area contributed by atoms with Crippen LogP contribution in [0.2, 0.25) is 5.02 Å². The lowest BCUT2D eigenvalue weighted by Crippen LogP contribution is -2.16. The molecule has 1 aliphatic rings. The van der Waals surface area contributed by atoms with Crippen molar-refractivity contribution in [3.05, 3.63) is 52.8 Å². The summed E-state index contributed by atoms with van der Waals surface area (Å²) in [6.07, 6.45) is 1.78. The van der Waals surface area contributed by atoms with Crippen LogP contribution in [0.3, 0.4) is 0 Å². The Balaban J connectivity index is 1.81. The first-order valence-corrected chi connectivity index (χ1v) is 8.11. The second-order valence-corrected chi connectivity index (χ2v) is 6.19. The van der Waals surface area contributed by atoms with Gasteiger partial charge in [0.1, 0.15) is 11.6 Å². The van der Waals surface area contributed by atoms with E-state index < -0.39 is 11.7 Å². The van der Waals surface area contributed by atoms with Crippen molar-refractivity contribution in [3.8, 4) is 5.75 Å². The van der Waals surface area contributed by atoms with Gasteiger partial charge in [-0.05, 0) is 49.2 Å². The van der Waals surface area contributed by atoms with E-state index in [2.05, 4.69) is 10.6 Å². The van der Waals surface area contributed by atoms with Crippen molar-refractivity contribution in [1.82, 2.24) is 0 Å². The first kappa shape index (κ1) is 17.2. The fourth-order valence-electron chi connectivity index (χ4n) is 2.34. The third kappa shape index (κ3) is 4.09. The maximum Gasteiger partial charge on any atom is 0.258 e. The van der Waals surface area contributed by atoms with Gasteiger partial charge in [-0.1, -0.05) is 11.6 Å². The van der Waals surface area contributed by atoms with E-state index in [0.717, 1.165) is 18.9 Å². The van der Waals surface area contributed by atoms with Crippen molar-refractivity contribution in [1.29, 1.82) is 0 Å². The van der Waals surface area contributed by atoms with Gasteiger partial charge in [0.2, 0.25) is 5.91 Å². The van der Waals surface area contributed by atoms with Crippen LogP contribution in [0.5, 0.6) is 5.75 Å². The molecule has 0 spiro atoms. The highest BCUT2D eigenvalue weighted by molar-refractivity contribution is 6.30. The molecule has 1 fully saturated rings. The highest BCUT2D eigenvalue weighted by Crippen LogP contribution is 2.32. The molecular formula is C18H16ClFN2O3. The molecule has 0 saturated heterocycles. The van der Waals surface area contributed by atoms with Crippen molar-refractivity contribution in [2.24, 2.45) is 5.92 Å². The zero-order chi connectivity index (χ0) is 18.0. The van der Waals surface area contributed by atoms with Crippen LogP contribution < -0.4 is 15.4 Å². The smallest absolute Gasteiger partial charge is 0.258 e. The van der Waals surface area contributed by atoms with Gasteiger partial charge in [-0.2, -0.15) is 0 Å². The monoisotopic (exact) mass is 362 g/mol. The first-order chi connectivity index (χ1) is 12.0. The standard InChI is InChI=1S/C18H16ClFN2O3/c1-25-16-7-5-12(21-17(23)10-2-3-10)9-15(16)22-18(24)13-6-4-11(19)8-14(13)20/h4-10H,2-3H2,1H3,(H,21,23)(H,22,24). The number of hydrogen-bond donors (Lipinski definition) is 2. The molecule has 2 aromatic carbocycles. The SMILES string of the molecule is COc1ccc(NC(=O)C2CC2)cc1NC(=O)c1ccc(Cl)cc1F. The average Bonchev–Trinajstić information content (AvgIpc) is 3.40. The Bertz CT molecular complexity index is 837. The van der Waals surface area contributed by atoms with Crippen molar-refractivity contribution in [2.45, 2.75) is 12.8 Å². The second-order valence-electron chi connectivity index (χ2n) is 5.76. The molecule has 1 aliphatic carbocycles. The number of nitrogens with one attached hydrogen (secondary N) is 2. The molecule has 0 unspecified atom stereocenters. The number of methoxy groups -OCH3 is 1. The molecule has 130 valence electrons. The Morgan fingerprint density at radius 1 is 1.16 bits per heavy atom. The number of carbonyl (C=O) groups excluding carboxylic acids is 2. The van der Waals surface area contributed by atoms with Crippen LogP contribution in [0.4, 0.5) is 15.8 Å². The number of carbonyl (C=O) groups is 2. The minimum Gasteiger partial charge on any atom is -0.495 e. The van der Waals surface area contributed by atoms with E-state index in [-0.39, 0.29) is 22.4 Å². The van der Waals surface area contributed by atoms with Gasteiger partial charge in [-0.15, -0.1) is 0 Å². The topological polar surface area (TPSA) is 67.4 Å². The van der Waals surface area contributed by atoms with Crippen LogP contribution >= 0.6 is 11.6 Å². The minimum atomic E-state index is -0.720. The molecule has 1 saturated carbocycles. The predicted molar refractivity (Wildman–Crippen MR) is 93.7 cm³/mol. The minimum absolute atomic E-state index is 0.0498. The van der Waals surface area contributed by atoms with E-state index in [1.54, 1.807) is 18.2 Å². The molecule has 2 amide bonds. The van der Waals surface area contributed by atoms with Crippen LogP contribution in [0.1, 0.15) is 23.2 Å². The van der Waals surface area contributed by atoms with Gasteiger partial charge in [-0.25, -0.2) is 4.39 Å². The molecule has 0 aliphatic heterocycles. The summed E-state index contributed by atoms with van der Waals surface area (Å²) in [7, 11) is 1.45. The zero-order valence-electron chi connectivity index (χ0n) is 13.4. The Morgan fingerprint density at radius 2 is 1.92 bits per heavy atom. The normalized spacial score (nSPS) is 13.2. The Kier molecular flexibility index (Phi) is 4.90. The summed E-state index contributed by atoms with van der Waals surface area (Å²) in [4.78, 5) is 24.2. The molecule has 0 aromatic heterocycles. The molecule has 2 N–H and O–H groups in total. The predicted octanol–water partition coefficient (Wildman–Crippen LogP) is 4.09. The summed E-state index contributed by atoms with van der Waals surface area (Å²) in [6.45, 7) is 0. The van der Waals surface area contributed by atoms with Gasteiger partial charge < -0.3 is 15.4 Å². The van der Waals surface area contributed by atoms with Gasteiger partial charge >= 0.3 is 0 Å². The van der Waals surface area contributed by atoms with Gasteiger partial charge in [0.15, 0.2) is 0 Å². The third-order valence-corrected chi connectivity index (χ3v) is 4.07. The van der Waals surface area contributed by atoms with E-state index in [1.165, 1.54) is 19.2 Å². The Morgan fingerprint density at radius 3 is 2.56 bits per heavy atom. The van der Waals surface area contributed by atoms with E-state index in [1.807, 2.05) is 0 Å². The maximum absolute atomic E-state index is 13.9. The number of anilines is 2. The van der Waals surface area contributed by atoms with Gasteiger partial charge in [0.05, 0.1) is 18.4 Å². The van der Waals surface area contributed by atoms with E-state index in [9.17, 15) is 14.0 Å². The van der Waals surface area contributed by atoms with Gasteiger partial charge in [0, 0.05) is 16.6 Å². The van der Waals surface area contributed by atoms with Crippen LogP contribution in [0.25, 0.3) is 0 Å². The van der Waals surface area contributed by atoms with Crippen molar-refractivity contribution in [2.75, 3.05) is 17.7 Å². The average molecular weight is 363 g/mol. The molecule has 25 heavy (non-hydrogen) atoms.